The monoisotopic (exact) mass is 2190 g/mol. The maximum atomic E-state index is 9.75. The maximum Gasteiger partial charge on any atom is 2.00 e. The molecule has 0 fully saturated rings. The van der Waals surface area contributed by atoms with Crippen LogP contribution in [0.25, 0.3) is 0 Å². The second kappa shape index (κ2) is 58.4. The molecule has 95 heavy (non-hydrogen) atoms. The average molecular weight is 2190 g/mol. The summed E-state index contributed by atoms with van der Waals surface area (Å²) in [6, 6.07) is 54.3. The SMILES string of the molecule is C[As](C)c1ccccc1[As](C)C.C[As](C)c1ccccc1[As](C)C.C[As](C)c1ccccc1[As](C)C.C[As](C)c1ccccc1[As](C)C.C[As](C)c1ccccc1[As](C)C.C[As](C)c1ccccc1[As](C)C.F[B-](F)(F)F.F[B-](F)(F)F.F[B-](F)(F)F.F[B-](F)(F)F.O.[Fe+2].[Fe+2]. The first kappa shape index (κ1) is 111. The molecule has 0 aliphatic heterocycles. The van der Waals surface area contributed by atoms with Crippen molar-refractivity contribution in [2.24, 2.45) is 0 Å². The fourth-order valence-electron chi connectivity index (χ4n) is 7.32. The van der Waals surface area contributed by atoms with Gasteiger partial charge in [0, 0.05) is 0 Å². The minimum Gasteiger partial charge on any atom is -0.418 e. The van der Waals surface area contributed by atoms with Gasteiger partial charge in [0.25, 0.3) is 0 Å². The molecule has 1 nitrogen and oxygen atoms in total. The molecule has 0 amide bonds. The summed E-state index contributed by atoms with van der Waals surface area (Å²) in [5.41, 5.74) is 58.1. The van der Waals surface area contributed by atoms with Crippen LogP contribution in [0, 0.1) is 0 Å². The summed E-state index contributed by atoms with van der Waals surface area (Å²) in [5.74, 6) is 0. The molecule has 6 aromatic carbocycles. The van der Waals surface area contributed by atoms with Gasteiger partial charge in [-0.05, 0) is 0 Å². The summed E-state index contributed by atoms with van der Waals surface area (Å²) >= 11 is -7.81. The Labute approximate surface area is 639 Å². The Kier molecular flexibility index (Phi) is 67.9. The van der Waals surface area contributed by atoms with Gasteiger partial charge >= 0.3 is 574 Å². The molecule has 35 heteroatoms. The zero-order valence-electron chi connectivity index (χ0n) is 58.8. The average Bonchev–Trinajstić information content (AvgIpc) is 1.64. The van der Waals surface area contributed by atoms with Crippen LogP contribution in [0.1, 0.15) is 0 Å². The summed E-state index contributed by atoms with van der Waals surface area (Å²) in [5, 5.41) is 0. The molecule has 544 valence electrons. The first-order valence-electron chi connectivity index (χ1n) is 27.9. The molecular formula is C60H98As12B4F16Fe2O. The Morgan fingerprint density at radius 1 is 0.158 bits per heavy atom. The van der Waals surface area contributed by atoms with Crippen LogP contribution in [0.15, 0.2) is 146 Å². The first-order chi connectivity index (χ1) is 41.8. The smallest absolute Gasteiger partial charge is 0.418 e. The molecule has 2 N–H and O–H groups in total. The molecule has 0 radical (unpaired) electrons. The Morgan fingerprint density at radius 2 is 0.200 bits per heavy atom. The van der Waals surface area contributed by atoms with Crippen molar-refractivity contribution >= 4 is 257 Å². The molecule has 0 spiro atoms. The van der Waals surface area contributed by atoms with Gasteiger partial charge in [-0.1, -0.05) is 0 Å². The standard InChI is InChI=1S/6C10H16As2.4BF4.2Fe.H2O/c6*1-11(2)9-7-5-6-8-10(9)12(3)4;4*2-1(3,4)5;;;/h6*5-8H,1-4H3;;;;;;;1H2/q;;;;;;4*-1;2*+2;. The van der Waals surface area contributed by atoms with Crippen molar-refractivity contribution in [3.05, 3.63) is 146 Å². The second-order valence-corrected chi connectivity index (χ2v) is 78.8. The van der Waals surface area contributed by atoms with Crippen LogP contribution in [0.2, 0.25) is 137 Å². The van der Waals surface area contributed by atoms with Crippen LogP contribution in [0.5, 0.6) is 0 Å². The van der Waals surface area contributed by atoms with E-state index >= 15 is 0 Å². The molecule has 0 unspecified atom stereocenters. The molecule has 0 saturated heterocycles. The number of rotatable bonds is 12. The van der Waals surface area contributed by atoms with E-state index in [1.165, 1.54) is 0 Å². The van der Waals surface area contributed by atoms with Gasteiger partial charge in [0.05, 0.1) is 0 Å². The summed E-state index contributed by atoms with van der Waals surface area (Å²) in [6.45, 7) is 0. The van der Waals surface area contributed by atoms with E-state index < -0.39 is 205 Å². The summed E-state index contributed by atoms with van der Waals surface area (Å²) < 4.78 is 176. The maximum absolute atomic E-state index is 9.75. The molecule has 0 atom stereocenters. The third kappa shape index (κ3) is 63.2. The molecule has 6 rings (SSSR count). The van der Waals surface area contributed by atoms with Gasteiger partial charge in [-0.3, -0.25) is 0 Å². The van der Waals surface area contributed by atoms with Crippen molar-refractivity contribution in [2.45, 2.75) is 137 Å². The van der Waals surface area contributed by atoms with Crippen LogP contribution in [0.3, 0.4) is 0 Å². The Bertz CT molecular complexity index is 2220. The van der Waals surface area contributed by atoms with E-state index in [2.05, 4.69) is 283 Å². The predicted octanol–water partition coefficient (Wildman–Crippen LogP) is 14.0. The van der Waals surface area contributed by atoms with Crippen LogP contribution in [-0.2, 0) is 34.1 Å². The van der Waals surface area contributed by atoms with Gasteiger partial charge < -0.3 is 74.5 Å². The van der Waals surface area contributed by atoms with Crippen LogP contribution in [-0.4, -0.2) is 210 Å². The van der Waals surface area contributed by atoms with Crippen molar-refractivity contribution in [1.82, 2.24) is 0 Å². The quantitative estimate of drug-likeness (QED) is 0.0864. The Morgan fingerprint density at radius 3 is 0.232 bits per heavy atom. The fraction of sp³-hybridized carbons (Fsp3) is 0.400. The van der Waals surface area contributed by atoms with Crippen molar-refractivity contribution in [1.29, 1.82) is 0 Å². The van der Waals surface area contributed by atoms with E-state index in [0.29, 0.717) is 0 Å². The third-order valence-electron chi connectivity index (χ3n) is 11.1. The van der Waals surface area contributed by atoms with E-state index in [4.69, 9.17) is 0 Å². The van der Waals surface area contributed by atoms with Crippen molar-refractivity contribution in [2.75, 3.05) is 0 Å². The molecule has 0 heterocycles. The normalized spacial score (nSPS) is 11.0. The number of halogens is 16. The van der Waals surface area contributed by atoms with Gasteiger partial charge in [-0.2, -0.15) is 0 Å². The number of benzene rings is 6. The molecule has 0 bridgehead atoms. The zero-order chi connectivity index (χ0) is 72.8. The van der Waals surface area contributed by atoms with Crippen LogP contribution < -0.4 is 52.2 Å². The fourth-order valence-corrected chi connectivity index (χ4v) is 56.6. The summed E-state index contributed by atoms with van der Waals surface area (Å²) in [6.07, 6.45) is 0. The van der Waals surface area contributed by atoms with Gasteiger partial charge in [0.15, 0.2) is 0 Å². The third-order valence-corrected chi connectivity index (χ3v) is 50.1. The molecule has 0 aliphatic rings. The minimum absolute atomic E-state index is 0. The topological polar surface area (TPSA) is 31.5 Å². The van der Waals surface area contributed by atoms with Crippen LogP contribution in [0.4, 0.5) is 69.1 Å². The van der Waals surface area contributed by atoms with Crippen molar-refractivity contribution in [3.8, 4) is 0 Å². The van der Waals surface area contributed by atoms with E-state index in [-0.39, 0.29) is 39.6 Å². The Hall–Kier alpha value is 2.16. The number of hydrogen-bond acceptors (Lipinski definition) is 0. The Balaban J connectivity index is -0.000000184. The van der Waals surface area contributed by atoms with Gasteiger partial charge in [-0.25, -0.2) is 0 Å². The minimum atomic E-state index is -6.00. The van der Waals surface area contributed by atoms with Gasteiger partial charge in [0.2, 0.25) is 0 Å². The molecule has 0 aromatic heterocycles. The largest absolute Gasteiger partial charge is 2.00 e. The van der Waals surface area contributed by atoms with E-state index in [0.717, 1.165) is 0 Å². The van der Waals surface area contributed by atoms with Crippen molar-refractivity contribution in [3.63, 3.8) is 0 Å². The first-order valence-corrected chi connectivity index (χ1v) is 84.2. The predicted molar refractivity (Wildman–Crippen MR) is 408 cm³/mol. The van der Waals surface area contributed by atoms with Crippen molar-refractivity contribution < 1.29 is 109 Å². The molecule has 0 saturated carbocycles. The summed E-state index contributed by atoms with van der Waals surface area (Å²) in [4.78, 5) is 0. The zero-order valence-corrected chi connectivity index (χ0v) is 83.5. The van der Waals surface area contributed by atoms with E-state index in [1.807, 2.05) is 0 Å². The number of hydrogen-bond donors (Lipinski definition) is 0. The van der Waals surface area contributed by atoms with Crippen LogP contribution >= 0.6 is 0 Å². The molecule has 0 aliphatic carbocycles. The van der Waals surface area contributed by atoms with E-state index in [9.17, 15) is 69.1 Å². The van der Waals surface area contributed by atoms with E-state index in [1.54, 1.807) is 52.2 Å². The summed E-state index contributed by atoms with van der Waals surface area (Å²) in [7, 11) is -24.0. The molecular weight excluding hydrogens is 2090 g/mol. The second-order valence-electron chi connectivity index (χ2n) is 21.6. The van der Waals surface area contributed by atoms with Gasteiger partial charge in [0.1, 0.15) is 0 Å². The molecule has 6 aromatic rings. The van der Waals surface area contributed by atoms with Gasteiger partial charge in [-0.15, -0.1) is 0 Å².